The Labute approximate surface area is 235 Å². The molecular weight excluding hydrogens is 548 g/mol. The van der Waals surface area contributed by atoms with Crippen molar-refractivity contribution in [1.29, 1.82) is 5.41 Å². The zero-order chi connectivity index (χ0) is 26.9. The van der Waals surface area contributed by atoms with Crippen LogP contribution in [-0.2, 0) is 16.8 Å². The number of aromatic nitrogens is 1. The van der Waals surface area contributed by atoms with Crippen molar-refractivity contribution in [2.24, 2.45) is 0 Å². The average Bonchev–Trinajstić information content (AvgIpc) is 3.63. The maximum atomic E-state index is 13.5. The number of aliphatic carboxylic acids is 1. The molecule has 38 heavy (non-hydrogen) atoms. The summed E-state index contributed by atoms with van der Waals surface area (Å²) in [5, 5.41) is 17.6. The van der Waals surface area contributed by atoms with E-state index in [4.69, 9.17) is 20.2 Å². The lowest BCUT2D eigenvalue weighted by atomic mass is 9.84. The molecule has 206 valence electrons. The molecule has 4 rings (SSSR count). The molecule has 9 heteroatoms. The monoisotopic (exact) mass is 586 g/mol. The fourth-order valence-corrected chi connectivity index (χ4v) is 4.64. The number of rotatable bonds is 11. The number of Topliss-reactive ketones (excluding diaryl/α,β-unsaturated/α-hetero) is 1. The van der Waals surface area contributed by atoms with Crippen LogP contribution in [0, 0.1) is 5.41 Å². The van der Waals surface area contributed by atoms with Gasteiger partial charge >= 0.3 is 5.97 Å². The van der Waals surface area contributed by atoms with Gasteiger partial charge in [-0.2, -0.15) is 0 Å². The van der Waals surface area contributed by atoms with E-state index in [9.17, 15) is 9.59 Å². The Kier molecular flexibility index (Phi) is 9.23. The van der Waals surface area contributed by atoms with Gasteiger partial charge in [-0.1, -0.05) is 26.8 Å². The van der Waals surface area contributed by atoms with Crippen LogP contribution in [0.5, 0.6) is 5.75 Å². The highest BCUT2D eigenvalue weighted by molar-refractivity contribution is 8.93. The molecule has 1 fully saturated rings. The zero-order valence-electron chi connectivity index (χ0n) is 23.0. The summed E-state index contributed by atoms with van der Waals surface area (Å²) in [7, 11) is 3.84. The lowest BCUT2D eigenvalue weighted by Gasteiger charge is -2.28. The van der Waals surface area contributed by atoms with Crippen molar-refractivity contribution in [2.45, 2.75) is 70.8 Å². The van der Waals surface area contributed by atoms with Crippen molar-refractivity contribution in [2.75, 3.05) is 32.1 Å². The molecule has 0 amide bonds. The molecule has 0 bridgehead atoms. The number of ketones is 1. The SMILES string of the molecule is Br.CN(C)c1cc(C(=O)CN2Cc3ccc(C4CC4)nc3C2=N)cc(C(C)(C)C)c1OCCCCC(=O)O. The normalized spacial score (nSPS) is 14.7. The Morgan fingerprint density at radius 3 is 2.50 bits per heavy atom. The number of ether oxygens (including phenoxy) is 1. The third-order valence-corrected chi connectivity index (χ3v) is 6.94. The van der Waals surface area contributed by atoms with Gasteiger partial charge in [-0.3, -0.25) is 15.0 Å². The quantitative estimate of drug-likeness (QED) is 0.262. The molecule has 2 heterocycles. The van der Waals surface area contributed by atoms with Crippen LogP contribution in [0.4, 0.5) is 5.69 Å². The minimum Gasteiger partial charge on any atom is -0.491 e. The molecular formula is C29H39BrN4O4. The number of hydrogen-bond donors (Lipinski definition) is 2. The Balaban J connectivity index is 0.00000400. The van der Waals surface area contributed by atoms with Gasteiger partial charge in [-0.25, -0.2) is 4.98 Å². The van der Waals surface area contributed by atoms with E-state index in [-0.39, 0.29) is 41.1 Å². The molecule has 1 aliphatic heterocycles. The number of hydrogen-bond acceptors (Lipinski definition) is 6. The van der Waals surface area contributed by atoms with E-state index in [2.05, 4.69) is 32.9 Å². The summed E-state index contributed by atoms with van der Waals surface area (Å²) in [5.74, 6) is 0.702. The van der Waals surface area contributed by atoms with Crippen molar-refractivity contribution in [1.82, 2.24) is 9.88 Å². The third kappa shape index (κ3) is 6.73. The van der Waals surface area contributed by atoms with Gasteiger partial charge in [0, 0.05) is 55.4 Å². The second kappa shape index (κ2) is 11.8. The Morgan fingerprint density at radius 1 is 1.18 bits per heavy atom. The maximum absolute atomic E-state index is 13.5. The fraction of sp³-hybridized carbons (Fsp3) is 0.517. The van der Waals surface area contributed by atoms with Gasteiger partial charge in [0.05, 0.1) is 18.8 Å². The number of carboxylic acids is 1. The van der Waals surface area contributed by atoms with Crippen LogP contribution in [0.3, 0.4) is 0 Å². The number of nitrogens with zero attached hydrogens (tertiary/aromatic N) is 3. The average molecular weight is 588 g/mol. The summed E-state index contributed by atoms with van der Waals surface area (Å²) < 4.78 is 6.20. The van der Waals surface area contributed by atoms with Gasteiger partial charge in [0.15, 0.2) is 5.78 Å². The minimum absolute atomic E-state index is 0. The first-order chi connectivity index (χ1) is 17.5. The lowest BCUT2D eigenvalue weighted by Crippen LogP contribution is -2.31. The topological polar surface area (TPSA) is 107 Å². The summed E-state index contributed by atoms with van der Waals surface area (Å²) in [5.41, 5.74) is 4.80. The number of benzene rings is 1. The van der Waals surface area contributed by atoms with Crippen LogP contribution < -0.4 is 9.64 Å². The van der Waals surface area contributed by atoms with E-state index in [0.717, 1.165) is 41.1 Å². The molecule has 2 aliphatic rings. The molecule has 2 N–H and O–H groups in total. The first-order valence-corrected chi connectivity index (χ1v) is 13.0. The van der Waals surface area contributed by atoms with Gasteiger partial charge in [0.25, 0.3) is 0 Å². The summed E-state index contributed by atoms with van der Waals surface area (Å²) in [6, 6.07) is 7.90. The number of carboxylic acid groups (broad SMARTS) is 1. The molecule has 2 aromatic rings. The summed E-state index contributed by atoms with van der Waals surface area (Å²) >= 11 is 0. The number of carbonyl (C=O) groups is 2. The summed E-state index contributed by atoms with van der Waals surface area (Å²) in [6.07, 6.45) is 3.63. The van der Waals surface area contributed by atoms with E-state index in [1.807, 2.05) is 31.1 Å². The number of pyridine rings is 1. The van der Waals surface area contributed by atoms with Crippen LogP contribution in [0.25, 0.3) is 0 Å². The highest BCUT2D eigenvalue weighted by atomic mass is 79.9. The largest absolute Gasteiger partial charge is 0.491 e. The Morgan fingerprint density at radius 2 is 1.89 bits per heavy atom. The number of nitrogens with one attached hydrogen (secondary N) is 1. The van der Waals surface area contributed by atoms with Crippen molar-refractivity contribution >= 4 is 40.3 Å². The third-order valence-electron chi connectivity index (χ3n) is 6.94. The smallest absolute Gasteiger partial charge is 0.303 e. The second-order valence-corrected chi connectivity index (χ2v) is 11.4. The Bertz CT molecular complexity index is 1220. The second-order valence-electron chi connectivity index (χ2n) is 11.4. The highest BCUT2D eigenvalue weighted by Crippen LogP contribution is 2.41. The van der Waals surface area contributed by atoms with E-state index < -0.39 is 5.97 Å². The summed E-state index contributed by atoms with van der Waals surface area (Å²) in [6.45, 7) is 7.29. The molecule has 0 radical (unpaired) electrons. The van der Waals surface area contributed by atoms with Gasteiger partial charge in [-0.05, 0) is 49.3 Å². The fourth-order valence-electron chi connectivity index (χ4n) is 4.64. The number of fused-ring (bicyclic) bond motifs is 1. The molecule has 0 spiro atoms. The van der Waals surface area contributed by atoms with Crippen LogP contribution in [0.2, 0.25) is 0 Å². The number of carbonyl (C=O) groups excluding carboxylic acids is 1. The van der Waals surface area contributed by atoms with Gasteiger partial charge in [0.1, 0.15) is 17.3 Å². The maximum Gasteiger partial charge on any atom is 0.303 e. The number of anilines is 1. The van der Waals surface area contributed by atoms with E-state index in [1.165, 1.54) is 0 Å². The van der Waals surface area contributed by atoms with Crippen molar-refractivity contribution in [3.8, 4) is 5.75 Å². The van der Waals surface area contributed by atoms with Crippen LogP contribution >= 0.6 is 17.0 Å². The highest BCUT2D eigenvalue weighted by Gasteiger charge is 2.32. The molecule has 1 aromatic heterocycles. The lowest BCUT2D eigenvalue weighted by molar-refractivity contribution is -0.137. The zero-order valence-corrected chi connectivity index (χ0v) is 24.7. The number of halogens is 1. The van der Waals surface area contributed by atoms with Crippen molar-refractivity contribution in [3.63, 3.8) is 0 Å². The van der Waals surface area contributed by atoms with Crippen LogP contribution in [-0.4, -0.2) is 59.8 Å². The van der Waals surface area contributed by atoms with Crippen molar-refractivity contribution in [3.05, 3.63) is 52.3 Å². The van der Waals surface area contributed by atoms with Gasteiger partial charge < -0.3 is 19.6 Å². The van der Waals surface area contributed by atoms with Crippen LogP contribution in [0.15, 0.2) is 24.3 Å². The molecule has 0 saturated heterocycles. The molecule has 0 atom stereocenters. The first kappa shape index (κ1) is 29.6. The van der Waals surface area contributed by atoms with Crippen molar-refractivity contribution < 1.29 is 19.4 Å². The Hall–Kier alpha value is -2.94. The molecule has 1 saturated carbocycles. The number of unbranched alkanes of at least 4 members (excludes halogenated alkanes) is 1. The predicted octanol–water partition coefficient (Wildman–Crippen LogP) is 5.56. The summed E-state index contributed by atoms with van der Waals surface area (Å²) in [4.78, 5) is 32.8. The number of amidine groups is 1. The van der Waals surface area contributed by atoms with E-state index >= 15 is 0 Å². The molecule has 0 unspecified atom stereocenters. The first-order valence-electron chi connectivity index (χ1n) is 13.0. The predicted molar refractivity (Wildman–Crippen MR) is 155 cm³/mol. The van der Waals surface area contributed by atoms with Gasteiger partial charge in [-0.15, -0.1) is 17.0 Å². The standard InChI is InChI=1S/C29H38N4O4.BrH/c1-29(2,3)21-14-20(15-23(32(4)5)27(21)37-13-7-6-8-25(35)36)24(34)17-33-16-19-11-12-22(18-9-10-18)31-26(19)28(33)30;/h11-12,14-15,18,30H,6-10,13,16-17H2,1-5H3,(H,35,36);1H. The van der Waals surface area contributed by atoms with E-state index in [1.54, 1.807) is 4.90 Å². The molecule has 1 aromatic carbocycles. The minimum atomic E-state index is -0.805. The molecule has 8 nitrogen and oxygen atoms in total. The van der Waals surface area contributed by atoms with Gasteiger partial charge in [0.2, 0.25) is 0 Å². The van der Waals surface area contributed by atoms with Crippen LogP contribution in [0.1, 0.15) is 91.7 Å². The molecule has 1 aliphatic carbocycles. The van der Waals surface area contributed by atoms with E-state index in [0.29, 0.717) is 49.0 Å².